The van der Waals surface area contributed by atoms with Gasteiger partial charge in [-0.05, 0) is 57.0 Å². The van der Waals surface area contributed by atoms with Crippen molar-refractivity contribution in [1.29, 1.82) is 0 Å². The minimum atomic E-state index is 0.817. The van der Waals surface area contributed by atoms with Crippen molar-refractivity contribution < 1.29 is 0 Å². The first-order valence-electron chi connectivity index (χ1n) is 6.23. The lowest BCUT2D eigenvalue weighted by Crippen LogP contribution is -2.41. The van der Waals surface area contributed by atoms with E-state index in [9.17, 15) is 0 Å². The molecule has 1 heterocycles. The fraction of sp³-hybridized carbons (Fsp3) is 1.00. The van der Waals surface area contributed by atoms with Crippen LogP contribution in [0.25, 0.3) is 0 Å². The van der Waals surface area contributed by atoms with Crippen LogP contribution in [0.1, 0.15) is 39.0 Å². The van der Waals surface area contributed by atoms with Crippen molar-refractivity contribution in [1.82, 2.24) is 4.90 Å². The highest BCUT2D eigenvalue weighted by Gasteiger charge is 2.30. The van der Waals surface area contributed by atoms with Crippen LogP contribution < -0.4 is 5.73 Å². The molecule has 0 amide bonds. The summed E-state index contributed by atoms with van der Waals surface area (Å²) in [6.45, 7) is 5.97. The van der Waals surface area contributed by atoms with Crippen LogP contribution in [0.15, 0.2) is 0 Å². The lowest BCUT2D eigenvalue weighted by Gasteiger charge is -2.35. The van der Waals surface area contributed by atoms with E-state index >= 15 is 0 Å². The predicted molar refractivity (Wildman–Crippen MR) is 60.2 cm³/mol. The molecule has 0 aromatic heterocycles. The Morgan fingerprint density at radius 2 is 2.14 bits per heavy atom. The molecule has 1 saturated heterocycles. The molecule has 2 fully saturated rings. The summed E-state index contributed by atoms with van der Waals surface area (Å²) in [5, 5.41) is 0. The molecule has 0 aromatic rings. The molecule has 0 bridgehead atoms. The molecule has 1 saturated carbocycles. The second-order valence-corrected chi connectivity index (χ2v) is 5.31. The van der Waals surface area contributed by atoms with Gasteiger partial charge >= 0.3 is 0 Å². The van der Waals surface area contributed by atoms with Crippen molar-refractivity contribution in [2.45, 2.75) is 45.1 Å². The van der Waals surface area contributed by atoms with Crippen LogP contribution in [0.2, 0.25) is 0 Å². The van der Waals surface area contributed by atoms with Gasteiger partial charge in [0.15, 0.2) is 0 Å². The number of rotatable bonds is 2. The molecule has 1 aliphatic heterocycles. The molecule has 2 N–H and O–H groups in total. The molecule has 3 unspecified atom stereocenters. The zero-order chi connectivity index (χ0) is 9.97. The third-order valence-electron chi connectivity index (χ3n) is 4.05. The fourth-order valence-electron chi connectivity index (χ4n) is 3.15. The molecule has 0 radical (unpaired) electrons. The maximum Gasteiger partial charge on any atom is 0.00985 e. The van der Waals surface area contributed by atoms with E-state index in [4.69, 9.17) is 5.73 Å². The van der Waals surface area contributed by atoms with Crippen LogP contribution in [0.5, 0.6) is 0 Å². The van der Waals surface area contributed by atoms with Crippen molar-refractivity contribution in [3.63, 3.8) is 0 Å². The van der Waals surface area contributed by atoms with E-state index in [0.717, 1.165) is 24.4 Å². The summed E-state index contributed by atoms with van der Waals surface area (Å²) in [4.78, 5) is 2.73. The summed E-state index contributed by atoms with van der Waals surface area (Å²) in [7, 11) is 0. The van der Waals surface area contributed by atoms with Gasteiger partial charge in [0.1, 0.15) is 0 Å². The predicted octanol–water partition coefficient (Wildman–Crippen LogP) is 1.85. The first-order chi connectivity index (χ1) is 6.79. The Morgan fingerprint density at radius 3 is 2.79 bits per heavy atom. The van der Waals surface area contributed by atoms with Gasteiger partial charge in [0, 0.05) is 12.6 Å². The molecule has 2 heteroatoms. The Balaban J connectivity index is 1.83. The van der Waals surface area contributed by atoms with Crippen molar-refractivity contribution in [2.24, 2.45) is 17.6 Å². The third kappa shape index (κ3) is 2.29. The van der Waals surface area contributed by atoms with Gasteiger partial charge in [-0.15, -0.1) is 0 Å². The number of nitrogens with zero attached hydrogens (tertiary/aromatic N) is 1. The quantitative estimate of drug-likeness (QED) is 0.730. The maximum absolute atomic E-state index is 5.73. The highest BCUT2D eigenvalue weighted by atomic mass is 15.2. The summed E-state index contributed by atoms with van der Waals surface area (Å²) < 4.78 is 0. The van der Waals surface area contributed by atoms with E-state index in [-0.39, 0.29) is 0 Å². The van der Waals surface area contributed by atoms with E-state index in [2.05, 4.69) is 11.8 Å². The van der Waals surface area contributed by atoms with E-state index < -0.39 is 0 Å². The van der Waals surface area contributed by atoms with Crippen molar-refractivity contribution in [3.8, 4) is 0 Å². The summed E-state index contributed by atoms with van der Waals surface area (Å²) in [6.07, 6.45) is 6.97. The zero-order valence-corrected chi connectivity index (χ0v) is 9.41. The minimum Gasteiger partial charge on any atom is -0.330 e. The molecule has 0 aromatic carbocycles. The van der Waals surface area contributed by atoms with Crippen LogP contribution in [-0.2, 0) is 0 Å². The van der Waals surface area contributed by atoms with Crippen LogP contribution in [-0.4, -0.2) is 30.6 Å². The fourth-order valence-corrected chi connectivity index (χ4v) is 3.15. The molecule has 2 rings (SSSR count). The van der Waals surface area contributed by atoms with Crippen LogP contribution in [0.3, 0.4) is 0 Å². The number of likely N-dealkylation sites (tertiary alicyclic amines) is 1. The second kappa shape index (κ2) is 4.63. The summed E-state index contributed by atoms with van der Waals surface area (Å²) in [5.74, 6) is 1.73. The van der Waals surface area contributed by atoms with Gasteiger partial charge in [0.25, 0.3) is 0 Å². The summed E-state index contributed by atoms with van der Waals surface area (Å²) in [5.41, 5.74) is 5.73. The normalized spacial score (nSPS) is 40.3. The molecule has 1 aliphatic carbocycles. The standard InChI is InChI=1S/C12H24N2/c1-10-3-2-6-14(9-10)12-5-4-11(7-12)8-13/h10-12H,2-9,13H2,1H3. The Bertz CT molecular complexity index is 181. The van der Waals surface area contributed by atoms with Gasteiger partial charge in [-0.25, -0.2) is 0 Å². The van der Waals surface area contributed by atoms with Gasteiger partial charge in [0.2, 0.25) is 0 Å². The lowest BCUT2D eigenvalue weighted by atomic mass is 9.98. The van der Waals surface area contributed by atoms with Gasteiger partial charge in [-0.2, -0.15) is 0 Å². The lowest BCUT2D eigenvalue weighted by molar-refractivity contribution is 0.129. The van der Waals surface area contributed by atoms with Gasteiger partial charge in [0.05, 0.1) is 0 Å². The van der Waals surface area contributed by atoms with Gasteiger partial charge in [-0.1, -0.05) is 6.92 Å². The summed E-state index contributed by atoms with van der Waals surface area (Å²) in [6, 6.07) is 0.867. The molecule has 82 valence electrons. The molecule has 3 atom stereocenters. The van der Waals surface area contributed by atoms with Crippen LogP contribution >= 0.6 is 0 Å². The number of piperidine rings is 1. The average Bonchev–Trinajstić information content (AvgIpc) is 2.66. The first kappa shape index (κ1) is 10.4. The van der Waals surface area contributed by atoms with Gasteiger partial charge < -0.3 is 10.6 Å². The van der Waals surface area contributed by atoms with E-state index in [0.29, 0.717) is 0 Å². The molecule has 2 nitrogen and oxygen atoms in total. The molecule has 2 aliphatic rings. The molecule has 14 heavy (non-hydrogen) atoms. The van der Waals surface area contributed by atoms with Crippen molar-refractivity contribution in [3.05, 3.63) is 0 Å². The van der Waals surface area contributed by atoms with Gasteiger partial charge in [-0.3, -0.25) is 0 Å². The smallest absolute Gasteiger partial charge is 0.00985 e. The maximum atomic E-state index is 5.73. The van der Waals surface area contributed by atoms with Crippen molar-refractivity contribution >= 4 is 0 Å². The van der Waals surface area contributed by atoms with E-state index in [1.54, 1.807) is 0 Å². The van der Waals surface area contributed by atoms with E-state index in [1.165, 1.54) is 45.2 Å². The number of hydrogen-bond donors (Lipinski definition) is 1. The summed E-state index contributed by atoms with van der Waals surface area (Å²) >= 11 is 0. The number of hydrogen-bond acceptors (Lipinski definition) is 2. The third-order valence-corrected chi connectivity index (χ3v) is 4.05. The highest BCUT2D eigenvalue weighted by Crippen LogP contribution is 2.31. The van der Waals surface area contributed by atoms with Crippen LogP contribution in [0.4, 0.5) is 0 Å². The first-order valence-corrected chi connectivity index (χ1v) is 6.23. The zero-order valence-electron chi connectivity index (χ0n) is 9.41. The monoisotopic (exact) mass is 196 g/mol. The number of nitrogens with two attached hydrogens (primary N) is 1. The Labute approximate surface area is 87.8 Å². The van der Waals surface area contributed by atoms with Crippen molar-refractivity contribution in [2.75, 3.05) is 19.6 Å². The average molecular weight is 196 g/mol. The highest BCUT2D eigenvalue weighted by molar-refractivity contribution is 4.85. The second-order valence-electron chi connectivity index (χ2n) is 5.31. The topological polar surface area (TPSA) is 29.3 Å². The SMILES string of the molecule is CC1CCCN(C2CCC(CN)C2)C1. The molecular weight excluding hydrogens is 172 g/mol. The largest absolute Gasteiger partial charge is 0.330 e. The van der Waals surface area contributed by atoms with Crippen LogP contribution in [0, 0.1) is 11.8 Å². The van der Waals surface area contributed by atoms with E-state index in [1.807, 2.05) is 0 Å². The Kier molecular flexibility index (Phi) is 3.45. The molecule has 0 spiro atoms. The minimum absolute atomic E-state index is 0.817. The molecular formula is C12H24N2. The Morgan fingerprint density at radius 1 is 1.29 bits per heavy atom. The Hall–Kier alpha value is -0.0800.